The molecule has 2 aromatic carbocycles. The van der Waals surface area contributed by atoms with Crippen molar-refractivity contribution in [3.8, 4) is 5.75 Å². The fourth-order valence-corrected chi connectivity index (χ4v) is 3.66. The maximum absolute atomic E-state index is 12.5. The number of hydrogen-bond donors (Lipinski definition) is 1. The van der Waals surface area contributed by atoms with Crippen LogP contribution in [-0.2, 0) is 19.6 Å². The first-order valence-corrected chi connectivity index (χ1v) is 10.1. The molecule has 7 nitrogen and oxygen atoms in total. The van der Waals surface area contributed by atoms with Gasteiger partial charge < -0.3 is 14.2 Å². The molecule has 1 N–H and O–H groups in total. The first-order valence-electron chi connectivity index (χ1n) is 8.73. The largest absolute Gasteiger partial charge is 0.464 e. The Hall–Kier alpha value is -2.87. The summed E-state index contributed by atoms with van der Waals surface area (Å²) in [6.07, 6.45) is 0. The number of benzene rings is 2. The van der Waals surface area contributed by atoms with E-state index in [0.29, 0.717) is 5.56 Å². The molecule has 0 aliphatic heterocycles. The van der Waals surface area contributed by atoms with Crippen LogP contribution < -0.4 is 9.50 Å². The number of hydrogen-bond acceptors (Lipinski definition) is 6. The molecule has 0 fully saturated rings. The van der Waals surface area contributed by atoms with Crippen molar-refractivity contribution in [2.24, 2.45) is 0 Å². The highest BCUT2D eigenvalue weighted by Crippen LogP contribution is 2.22. The van der Waals surface area contributed by atoms with E-state index in [1.807, 2.05) is 6.07 Å². The summed E-state index contributed by atoms with van der Waals surface area (Å²) in [5.41, 5.74) is 1.64. The van der Waals surface area contributed by atoms with E-state index in [0.717, 1.165) is 5.56 Å². The minimum atomic E-state index is -4.00. The van der Waals surface area contributed by atoms with E-state index in [1.54, 1.807) is 32.9 Å². The Morgan fingerprint density at radius 2 is 1.71 bits per heavy atom. The highest BCUT2D eigenvalue weighted by Gasteiger charge is 2.21. The van der Waals surface area contributed by atoms with Gasteiger partial charge >= 0.3 is 16.1 Å². The van der Waals surface area contributed by atoms with Gasteiger partial charge in [0, 0.05) is 5.56 Å². The Morgan fingerprint density at radius 3 is 2.32 bits per heavy atom. The number of carbonyl (C=O) groups excluding carboxylic acids is 2. The van der Waals surface area contributed by atoms with Gasteiger partial charge in [-0.25, -0.2) is 4.79 Å². The lowest BCUT2D eigenvalue weighted by molar-refractivity contribution is -0.144. The Bertz CT molecular complexity index is 967. The lowest BCUT2D eigenvalue weighted by Crippen LogP contribution is -2.39. The van der Waals surface area contributed by atoms with Crippen LogP contribution in [0.1, 0.15) is 35.3 Å². The molecule has 0 radical (unpaired) electrons. The fraction of sp³-hybridized carbons (Fsp3) is 0.300. The normalized spacial score (nSPS) is 12.1. The Kier molecular flexibility index (Phi) is 6.80. The summed E-state index contributed by atoms with van der Waals surface area (Å²) in [4.78, 5) is 23.9. The van der Waals surface area contributed by atoms with Crippen molar-refractivity contribution in [2.75, 3.05) is 6.61 Å². The van der Waals surface area contributed by atoms with Gasteiger partial charge in [0.1, 0.15) is 16.7 Å². The lowest BCUT2D eigenvalue weighted by Gasteiger charge is -2.13. The van der Waals surface area contributed by atoms with Crippen LogP contribution in [0.5, 0.6) is 5.75 Å². The minimum absolute atomic E-state index is 0.0795. The average Bonchev–Trinajstić information content (AvgIpc) is 2.64. The predicted octanol–water partition coefficient (Wildman–Crippen LogP) is 2.75. The summed E-state index contributed by atoms with van der Waals surface area (Å²) in [5, 5.41) is 2.52. The molecular formula is C20H23NO6S. The number of nitrogens with one attached hydrogen (secondary N) is 1. The zero-order valence-corrected chi connectivity index (χ0v) is 17.0. The third kappa shape index (κ3) is 5.32. The van der Waals surface area contributed by atoms with Crippen molar-refractivity contribution >= 4 is 22.0 Å². The molecule has 0 spiro atoms. The van der Waals surface area contributed by atoms with Crippen molar-refractivity contribution in [1.29, 1.82) is 0 Å². The van der Waals surface area contributed by atoms with Gasteiger partial charge in [-0.2, -0.15) is 8.42 Å². The Balaban J connectivity index is 2.11. The Morgan fingerprint density at radius 1 is 1.07 bits per heavy atom. The topological polar surface area (TPSA) is 98.8 Å². The van der Waals surface area contributed by atoms with Gasteiger partial charge in [-0.15, -0.1) is 0 Å². The van der Waals surface area contributed by atoms with E-state index in [4.69, 9.17) is 8.92 Å². The van der Waals surface area contributed by atoms with Crippen LogP contribution in [0, 0.1) is 13.8 Å². The number of rotatable bonds is 7. The second kappa shape index (κ2) is 8.88. The summed E-state index contributed by atoms with van der Waals surface area (Å²) < 4.78 is 35.1. The summed E-state index contributed by atoms with van der Waals surface area (Å²) in [7, 11) is -4.00. The minimum Gasteiger partial charge on any atom is -0.464 e. The molecule has 150 valence electrons. The van der Waals surface area contributed by atoms with Crippen LogP contribution in [0.3, 0.4) is 0 Å². The van der Waals surface area contributed by atoms with Crippen molar-refractivity contribution in [3.05, 3.63) is 59.2 Å². The number of ether oxygens (including phenoxy) is 1. The van der Waals surface area contributed by atoms with Crippen molar-refractivity contribution in [1.82, 2.24) is 5.32 Å². The third-order valence-electron chi connectivity index (χ3n) is 3.92. The molecule has 1 amide bonds. The second-order valence-corrected chi connectivity index (χ2v) is 7.79. The van der Waals surface area contributed by atoms with E-state index in [1.165, 1.54) is 31.2 Å². The molecule has 0 aromatic heterocycles. The first-order chi connectivity index (χ1) is 13.1. The molecule has 0 aliphatic rings. The molecule has 2 aromatic rings. The molecule has 1 unspecified atom stereocenters. The van der Waals surface area contributed by atoms with Crippen molar-refractivity contribution < 1.29 is 26.9 Å². The zero-order valence-electron chi connectivity index (χ0n) is 16.2. The maximum Gasteiger partial charge on any atom is 0.339 e. The highest BCUT2D eigenvalue weighted by molar-refractivity contribution is 7.87. The molecule has 0 saturated heterocycles. The van der Waals surface area contributed by atoms with E-state index < -0.39 is 28.0 Å². The molecule has 0 aliphatic carbocycles. The number of amides is 1. The van der Waals surface area contributed by atoms with E-state index >= 15 is 0 Å². The second-order valence-electron chi connectivity index (χ2n) is 6.28. The molecule has 0 saturated carbocycles. The molecule has 1 atom stereocenters. The van der Waals surface area contributed by atoms with Crippen LogP contribution >= 0.6 is 0 Å². The SMILES string of the molecule is CCOC(=O)C(C)NC(=O)c1ccc(OS(=O)(=O)c2cc(C)ccc2C)cc1. The van der Waals surface area contributed by atoms with Crippen LogP contribution in [0.15, 0.2) is 47.4 Å². The summed E-state index contributed by atoms with van der Waals surface area (Å²) in [6.45, 7) is 6.90. The number of esters is 1. The van der Waals surface area contributed by atoms with Crippen LogP contribution in [-0.4, -0.2) is 32.9 Å². The zero-order chi connectivity index (χ0) is 20.9. The molecule has 0 heterocycles. The smallest absolute Gasteiger partial charge is 0.339 e. The summed E-state index contributed by atoms with van der Waals surface area (Å²) >= 11 is 0. The predicted molar refractivity (Wildman–Crippen MR) is 104 cm³/mol. The lowest BCUT2D eigenvalue weighted by atomic mass is 10.2. The van der Waals surface area contributed by atoms with Gasteiger partial charge in [-0.1, -0.05) is 12.1 Å². The Labute approximate surface area is 164 Å². The van der Waals surface area contributed by atoms with Crippen LogP contribution in [0.2, 0.25) is 0 Å². The monoisotopic (exact) mass is 405 g/mol. The van der Waals surface area contributed by atoms with E-state index in [2.05, 4.69) is 5.32 Å². The third-order valence-corrected chi connectivity index (χ3v) is 5.31. The molecule has 8 heteroatoms. The fourth-order valence-electron chi connectivity index (χ4n) is 2.42. The number of carbonyl (C=O) groups is 2. The van der Waals surface area contributed by atoms with Gasteiger partial charge in [0.2, 0.25) is 0 Å². The quantitative estimate of drug-likeness (QED) is 0.562. The molecule has 0 bridgehead atoms. The van der Waals surface area contributed by atoms with E-state index in [-0.39, 0.29) is 22.8 Å². The first kappa shape index (κ1) is 21.4. The average molecular weight is 405 g/mol. The standard InChI is InChI=1S/C20H23NO6S/c1-5-26-20(23)15(4)21-19(22)16-8-10-17(11-9-16)27-28(24,25)18-12-13(2)6-7-14(18)3/h6-12,15H,5H2,1-4H3,(H,21,22). The summed E-state index contributed by atoms with van der Waals surface area (Å²) in [6, 6.07) is 9.88. The van der Waals surface area contributed by atoms with Gasteiger partial charge in [0.15, 0.2) is 0 Å². The van der Waals surface area contributed by atoms with Crippen LogP contribution in [0.25, 0.3) is 0 Å². The van der Waals surface area contributed by atoms with Gasteiger partial charge in [-0.05, 0) is 69.2 Å². The summed E-state index contributed by atoms with van der Waals surface area (Å²) in [5.74, 6) is -0.934. The van der Waals surface area contributed by atoms with Crippen LogP contribution in [0.4, 0.5) is 0 Å². The molecule has 28 heavy (non-hydrogen) atoms. The molecular weight excluding hydrogens is 382 g/mol. The molecule has 2 rings (SSSR count). The van der Waals surface area contributed by atoms with Gasteiger partial charge in [0.05, 0.1) is 6.61 Å². The van der Waals surface area contributed by atoms with Gasteiger partial charge in [-0.3, -0.25) is 4.79 Å². The van der Waals surface area contributed by atoms with Gasteiger partial charge in [0.25, 0.3) is 5.91 Å². The highest BCUT2D eigenvalue weighted by atomic mass is 32.2. The number of aryl methyl sites for hydroxylation is 2. The van der Waals surface area contributed by atoms with Crippen molar-refractivity contribution in [2.45, 2.75) is 38.6 Å². The van der Waals surface area contributed by atoms with E-state index in [9.17, 15) is 18.0 Å². The van der Waals surface area contributed by atoms with Crippen molar-refractivity contribution in [3.63, 3.8) is 0 Å². The maximum atomic E-state index is 12.5.